The fraction of sp³-hybridized carbons (Fsp3) is 0.227. The molecule has 9 nitrogen and oxygen atoms in total. The maximum absolute atomic E-state index is 12.8. The summed E-state index contributed by atoms with van der Waals surface area (Å²) in [5, 5.41) is 5.63. The third kappa shape index (κ3) is 5.95. The molecule has 1 aromatic heterocycles. The number of thiazole rings is 1. The Balaban J connectivity index is 1.67. The summed E-state index contributed by atoms with van der Waals surface area (Å²) in [4.78, 5) is 29.0. The molecule has 0 spiro atoms. The van der Waals surface area contributed by atoms with Crippen LogP contribution in [0.5, 0.6) is 5.75 Å². The fourth-order valence-corrected chi connectivity index (χ4v) is 4.99. The van der Waals surface area contributed by atoms with E-state index in [9.17, 15) is 18.0 Å². The quantitative estimate of drug-likeness (QED) is 0.502. The lowest BCUT2D eigenvalue weighted by Crippen LogP contribution is -2.34. The Morgan fingerprint density at radius 3 is 2.27 bits per heavy atom. The number of nitrogens with zero attached hydrogens (tertiary/aromatic N) is 2. The van der Waals surface area contributed by atoms with Crippen LogP contribution in [0.2, 0.25) is 0 Å². The molecular weight excluding hydrogens is 464 g/mol. The Kier molecular flexibility index (Phi) is 7.46. The maximum Gasteiger partial charge on any atom is 0.243 e. The topological polar surface area (TPSA) is 118 Å². The van der Waals surface area contributed by atoms with E-state index in [1.807, 2.05) is 31.2 Å². The Bertz CT molecular complexity index is 1250. The monoisotopic (exact) mass is 488 g/mol. The molecule has 0 bridgehead atoms. The van der Waals surface area contributed by atoms with Gasteiger partial charge in [0.2, 0.25) is 21.8 Å². The van der Waals surface area contributed by atoms with E-state index in [0.29, 0.717) is 10.8 Å². The smallest absolute Gasteiger partial charge is 0.243 e. The van der Waals surface area contributed by atoms with E-state index in [1.165, 1.54) is 49.6 Å². The molecule has 0 radical (unpaired) electrons. The molecule has 0 unspecified atom stereocenters. The molecular formula is C22H24N4O5S2. The predicted molar refractivity (Wildman–Crippen MR) is 128 cm³/mol. The Labute approximate surface area is 196 Å². The summed E-state index contributed by atoms with van der Waals surface area (Å²) in [5.41, 5.74) is 2.10. The third-order valence-corrected chi connectivity index (χ3v) is 7.36. The van der Waals surface area contributed by atoms with Gasteiger partial charge in [-0.3, -0.25) is 9.59 Å². The molecule has 3 rings (SSSR count). The number of methoxy groups -OCH3 is 1. The molecule has 0 saturated heterocycles. The second-order valence-corrected chi connectivity index (χ2v) is 10.4. The number of amides is 2. The van der Waals surface area contributed by atoms with Crippen LogP contribution < -0.4 is 15.4 Å². The average molecular weight is 489 g/mol. The van der Waals surface area contributed by atoms with Crippen LogP contribution in [0.15, 0.2) is 53.4 Å². The van der Waals surface area contributed by atoms with Crippen molar-refractivity contribution in [2.24, 2.45) is 0 Å². The predicted octanol–water partition coefficient (Wildman–Crippen LogP) is 3.34. The second kappa shape index (κ2) is 10.1. The van der Waals surface area contributed by atoms with Crippen LogP contribution in [0.3, 0.4) is 0 Å². The minimum atomic E-state index is -3.89. The van der Waals surface area contributed by atoms with Gasteiger partial charge in [-0.25, -0.2) is 13.4 Å². The molecule has 0 saturated carbocycles. The van der Waals surface area contributed by atoms with Crippen molar-refractivity contribution in [1.29, 1.82) is 0 Å². The minimum Gasteiger partial charge on any atom is -0.497 e. The number of aryl methyl sites for hydroxylation is 1. The molecule has 0 aliphatic rings. The van der Waals surface area contributed by atoms with Crippen LogP contribution in [0.25, 0.3) is 11.3 Å². The van der Waals surface area contributed by atoms with Gasteiger partial charge in [-0.1, -0.05) is 0 Å². The highest BCUT2D eigenvalue weighted by atomic mass is 32.2. The molecule has 0 aliphatic heterocycles. The van der Waals surface area contributed by atoms with Gasteiger partial charge in [0, 0.05) is 30.1 Å². The number of hydrogen-bond acceptors (Lipinski definition) is 7. The van der Waals surface area contributed by atoms with Gasteiger partial charge in [0.25, 0.3) is 0 Å². The van der Waals surface area contributed by atoms with Crippen LogP contribution in [-0.4, -0.2) is 50.2 Å². The van der Waals surface area contributed by atoms with Crippen molar-refractivity contribution in [3.63, 3.8) is 0 Å². The number of benzene rings is 2. The zero-order valence-electron chi connectivity index (χ0n) is 18.6. The third-order valence-electron chi connectivity index (χ3n) is 4.66. The fourth-order valence-electron chi connectivity index (χ4n) is 3.01. The van der Waals surface area contributed by atoms with Gasteiger partial charge in [-0.05, 0) is 55.5 Å². The first-order chi connectivity index (χ1) is 15.6. The highest BCUT2D eigenvalue weighted by Crippen LogP contribution is 2.31. The van der Waals surface area contributed by atoms with Crippen molar-refractivity contribution in [1.82, 2.24) is 9.29 Å². The number of aromatic nitrogens is 1. The molecule has 174 valence electrons. The first kappa shape index (κ1) is 24.4. The van der Waals surface area contributed by atoms with Crippen molar-refractivity contribution in [2.75, 3.05) is 31.3 Å². The van der Waals surface area contributed by atoms with E-state index < -0.39 is 15.9 Å². The Hall–Kier alpha value is -3.28. The maximum atomic E-state index is 12.8. The first-order valence-electron chi connectivity index (χ1n) is 9.86. The summed E-state index contributed by atoms with van der Waals surface area (Å²) in [5.74, 6) is -0.0351. The van der Waals surface area contributed by atoms with Crippen LogP contribution in [-0.2, 0) is 19.6 Å². The van der Waals surface area contributed by atoms with Crippen LogP contribution in [0, 0.1) is 6.92 Å². The van der Waals surface area contributed by atoms with Gasteiger partial charge in [-0.2, -0.15) is 4.31 Å². The standard InChI is InChI=1S/C22H24N4O5S2/c1-14-21(16-5-9-18(31-4)10-6-16)25-22(32-14)24-20(28)13-26(3)33(29,30)19-11-7-17(8-12-19)23-15(2)27/h5-12H,13H2,1-4H3,(H,23,27)(H,24,25,28). The Morgan fingerprint density at radius 2 is 1.70 bits per heavy atom. The second-order valence-electron chi connectivity index (χ2n) is 7.17. The van der Waals surface area contributed by atoms with Crippen molar-refractivity contribution in [3.05, 3.63) is 53.4 Å². The lowest BCUT2D eigenvalue weighted by atomic mass is 10.1. The van der Waals surface area contributed by atoms with Gasteiger partial charge < -0.3 is 15.4 Å². The molecule has 0 atom stereocenters. The zero-order chi connectivity index (χ0) is 24.2. The molecule has 11 heteroatoms. The van der Waals surface area contributed by atoms with E-state index in [0.717, 1.165) is 26.2 Å². The summed E-state index contributed by atoms with van der Waals surface area (Å²) in [6.07, 6.45) is 0. The highest BCUT2D eigenvalue weighted by Gasteiger charge is 2.23. The molecule has 3 aromatic rings. The minimum absolute atomic E-state index is 0.0128. The number of rotatable bonds is 8. The molecule has 2 amide bonds. The summed E-state index contributed by atoms with van der Waals surface area (Å²) in [7, 11) is -0.975. The van der Waals surface area contributed by atoms with Gasteiger partial charge in [0.15, 0.2) is 5.13 Å². The van der Waals surface area contributed by atoms with E-state index >= 15 is 0 Å². The number of likely N-dealkylation sites (N-methyl/N-ethyl adjacent to an activating group) is 1. The molecule has 1 heterocycles. The van der Waals surface area contributed by atoms with E-state index in [2.05, 4.69) is 15.6 Å². The Morgan fingerprint density at radius 1 is 1.06 bits per heavy atom. The summed E-state index contributed by atoms with van der Waals surface area (Å²) >= 11 is 1.31. The van der Waals surface area contributed by atoms with Crippen molar-refractivity contribution < 1.29 is 22.7 Å². The molecule has 2 N–H and O–H groups in total. The van der Waals surface area contributed by atoms with Gasteiger partial charge in [0.1, 0.15) is 5.75 Å². The molecule has 2 aromatic carbocycles. The number of carbonyl (C=O) groups excluding carboxylic acids is 2. The lowest BCUT2D eigenvalue weighted by molar-refractivity contribution is -0.116. The van der Waals surface area contributed by atoms with E-state index in [1.54, 1.807) is 7.11 Å². The van der Waals surface area contributed by atoms with E-state index in [4.69, 9.17) is 4.74 Å². The van der Waals surface area contributed by atoms with Gasteiger partial charge >= 0.3 is 0 Å². The molecule has 33 heavy (non-hydrogen) atoms. The first-order valence-corrected chi connectivity index (χ1v) is 12.1. The molecule has 0 fully saturated rings. The van der Waals surface area contributed by atoms with E-state index in [-0.39, 0.29) is 17.3 Å². The van der Waals surface area contributed by atoms with Crippen LogP contribution >= 0.6 is 11.3 Å². The number of anilines is 2. The number of carbonyl (C=O) groups is 2. The van der Waals surface area contributed by atoms with Gasteiger partial charge in [0.05, 0.1) is 24.2 Å². The number of nitrogens with one attached hydrogen (secondary N) is 2. The normalized spacial score (nSPS) is 11.3. The van der Waals surface area contributed by atoms with Crippen molar-refractivity contribution in [2.45, 2.75) is 18.7 Å². The lowest BCUT2D eigenvalue weighted by Gasteiger charge is -2.16. The number of ether oxygens (including phenoxy) is 1. The largest absolute Gasteiger partial charge is 0.497 e. The van der Waals surface area contributed by atoms with Crippen molar-refractivity contribution >= 4 is 44.0 Å². The average Bonchev–Trinajstić information content (AvgIpc) is 3.13. The van der Waals surface area contributed by atoms with Crippen LogP contribution in [0.4, 0.5) is 10.8 Å². The zero-order valence-corrected chi connectivity index (χ0v) is 20.2. The summed E-state index contributed by atoms with van der Waals surface area (Å²) in [6.45, 7) is 2.88. The van der Waals surface area contributed by atoms with Crippen molar-refractivity contribution in [3.8, 4) is 17.0 Å². The SMILES string of the molecule is COc1ccc(-c2nc(NC(=O)CN(C)S(=O)(=O)c3ccc(NC(C)=O)cc3)sc2C)cc1. The van der Waals surface area contributed by atoms with Gasteiger partial charge in [-0.15, -0.1) is 11.3 Å². The number of hydrogen-bond donors (Lipinski definition) is 2. The summed E-state index contributed by atoms with van der Waals surface area (Å²) in [6, 6.07) is 13.1. The molecule has 0 aliphatic carbocycles. The highest BCUT2D eigenvalue weighted by molar-refractivity contribution is 7.89. The van der Waals surface area contributed by atoms with Crippen LogP contribution in [0.1, 0.15) is 11.8 Å². The number of sulfonamides is 1. The summed E-state index contributed by atoms with van der Waals surface area (Å²) < 4.78 is 31.7.